The van der Waals surface area contributed by atoms with E-state index in [1.807, 2.05) is 0 Å². The van der Waals surface area contributed by atoms with Gasteiger partial charge in [0.25, 0.3) is 15.7 Å². The lowest BCUT2D eigenvalue weighted by molar-refractivity contribution is -0.120. The Morgan fingerprint density at radius 2 is 1.79 bits per heavy atom. The van der Waals surface area contributed by atoms with Crippen LogP contribution in [0, 0.1) is 0 Å². The average molecular weight is 493 g/mol. The van der Waals surface area contributed by atoms with Gasteiger partial charge in [0.05, 0.1) is 10.6 Å². The molecule has 15 heteroatoms. The fraction of sp³-hybridized carbons (Fsp3) is 0.263. The molecule has 0 unspecified atom stereocenters. The maximum atomic E-state index is 13.2. The van der Waals surface area contributed by atoms with Gasteiger partial charge in [-0.2, -0.15) is 18.4 Å². The summed E-state index contributed by atoms with van der Waals surface area (Å²) >= 11 is 0. The Hall–Kier alpha value is -3.88. The van der Waals surface area contributed by atoms with Crippen LogP contribution < -0.4 is 4.90 Å². The minimum atomic E-state index is -5.55. The summed E-state index contributed by atoms with van der Waals surface area (Å²) in [5.74, 6) is -0.265. The molecule has 0 bridgehead atoms. The van der Waals surface area contributed by atoms with E-state index in [1.165, 1.54) is 11.1 Å². The van der Waals surface area contributed by atoms with Crippen LogP contribution in [0.25, 0.3) is 11.5 Å². The monoisotopic (exact) mass is 493 g/mol. The molecular weight excluding hydrogens is 479 g/mol. The number of anilines is 1. The maximum Gasteiger partial charge on any atom is 0.501 e. The predicted molar refractivity (Wildman–Crippen MR) is 107 cm³/mol. The molecule has 3 aromatic rings. The lowest BCUT2D eigenvalue weighted by Crippen LogP contribution is -2.36. The van der Waals surface area contributed by atoms with Gasteiger partial charge in [-0.1, -0.05) is 0 Å². The zero-order valence-corrected chi connectivity index (χ0v) is 17.8. The number of benzene rings is 1. The number of pyridine rings is 1. The first kappa shape index (κ1) is 21.9. The molecule has 1 aliphatic heterocycles. The van der Waals surface area contributed by atoms with E-state index < -0.39 is 37.7 Å². The lowest BCUT2D eigenvalue weighted by Gasteiger charge is -2.21. The first-order chi connectivity index (χ1) is 16.0. The van der Waals surface area contributed by atoms with E-state index in [4.69, 9.17) is 0 Å². The molecule has 11 nitrogen and oxygen atoms in total. The van der Waals surface area contributed by atoms with Gasteiger partial charge in [0.1, 0.15) is 11.2 Å². The topological polar surface area (TPSA) is 142 Å². The Labute approximate surface area is 189 Å². The number of H-pyrrole nitrogens is 1. The molecule has 1 saturated heterocycles. The number of hydrogen-bond acceptors (Lipinski definition) is 8. The quantitative estimate of drug-likeness (QED) is 0.532. The zero-order chi connectivity index (χ0) is 24.3. The number of aromatic nitrogens is 5. The third kappa shape index (κ3) is 3.30. The fourth-order valence-electron chi connectivity index (χ4n) is 3.82. The Bertz CT molecular complexity index is 1390. The SMILES string of the molecule is O=C1N(c2ccc(S(=O)(=O)C(F)(F)F)cc2)C(=O)C2(CC2)N1Cc1ccnc(-c2nn[nH]n2)c1. The van der Waals surface area contributed by atoms with Crippen LogP contribution in [-0.2, 0) is 21.2 Å². The summed E-state index contributed by atoms with van der Waals surface area (Å²) in [5, 5.41) is 13.5. The summed E-state index contributed by atoms with van der Waals surface area (Å²) in [6.07, 6.45) is 2.36. The Kier molecular flexibility index (Phi) is 4.72. The van der Waals surface area contributed by atoms with Crippen LogP contribution in [0.4, 0.5) is 23.7 Å². The highest BCUT2D eigenvalue weighted by Gasteiger charge is 2.65. The summed E-state index contributed by atoms with van der Waals surface area (Å²) in [5.41, 5.74) is -5.48. The van der Waals surface area contributed by atoms with Crippen LogP contribution in [0.3, 0.4) is 0 Å². The second kappa shape index (κ2) is 7.31. The molecule has 2 fully saturated rings. The highest BCUT2D eigenvalue weighted by Crippen LogP contribution is 2.49. The minimum Gasteiger partial charge on any atom is -0.305 e. The molecular formula is C19H14F3N7O4S. The van der Waals surface area contributed by atoms with E-state index in [2.05, 4.69) is 25.6 Å². The molecule has 1 aromatic carbocycles. The lowest BCUT2D eigenvalue weighted by atomic mass is 10.1. The molecule has 0 radical (unpaired) electrons. The van der Waals surface area contributed by atoms with Crippen LogP contribution >= 0.6 is 0 Å². The Morgan fingerprint density at radius 3 is 2.38 bits per heavy atom. The van der Waals surface area contributed by atoms with Gasteiger partial charge in [0.2, 0.25) is 5.82 Å². The molecule has 0 atom stereocenters. The van der Waals surface area contributed by atoms with Crippen LogP contribution in [0.1, 0.15) is 18.4 Å². The van der Waals surface area contributed by atoms with Gasteiger partial charge < -0.3 is 4.90 Å². The number of imide groups is 1. The van der Waals surface area contributed by atoms with Crippen LogP contribution in [0.5, 0.6) is 0 Å². The number of halogens is 3. The van der Waals surface area contributed by atoms with Gasteiger partial charge in [0, 0.05) is 12.7 Å². The van der Waals surface area contributed by atoms with Gasteiger partial charge in [-0.05, 0) is 60.0 Å². The molecule has 1 aliphatic carbocycles. The van der Waals surface area contributed by atoms with Gasteiger partial charge in [-0.3, -0.25) is 9.78 Å². The molecule has 3 amide bonds. The van der Waals surface area contributed by atoms with Crippen molar-refractivity contribution in [2.24, 2.45) is 0 Å². The first-order valence-corrected chi connectivity index (χ1v) is 11.3. The van der Waals surface area contributed by atoms with Gasteiger partial charge >= 0.3 is 11.5 Å². The summed E-state index contributed by atoms with van der Waals surface area (Å²) in [7, 11) is -5.55. The second-order valence-electron chi connectivity index (χ2n) is 7.77. The molecule has 1 saturated carbocycles. The molecule has 2 aromatic heterocycles. The van der Waals surface area contributed by atoms with Crippen LogP contribution in [0.15, 0.2) is 47.5 Å². The second-order valence-corrected chi connectivity index (χ2v) is 9.71. The largest absolute Gasteiger partial charge is 0.501 e. The van der Waals surface area contributed by atoms with Crippen molar-refractivity contribution in [2.75, 3.05) is 4.90 Å². The Balaban J connectivity index is 1.43. The minimum absolute atomic E-state index is 0.0212. The number of hydrogen-bond donors (Lipinski definition) is 1. The van der Waals surface area contributed by atoms with Crippen molar-refractivity contribution >= 4 is 27.5 Å². The van der Waals surface area contributed by atoms with E-state index >= 15 is 0 Å². The molecule has 1 spiro atoms. The van der Waals surface area contributed by atoms with Crippen molar-refractivity contribution in [1.29, 1.82) is 0 Å². The number of nitrogens with zero attached hydrogens (tertiary/aromatic N) is 6. The van der Waals surface area contributed by atoms with Crippen molar-refractivity contribution in [3.63, 3.8) is 0 Å². The molecule has 176 valence electrons. The molecule has 1 N–H and O–H groups in total. The van der Waals surface area contributed by atoms with Crippen molar-refractivity contribution in [1.82, 2.24) is 30.5 Å². The van der Waals surface area contributed by atoms with Gasteiger partial charge in [-0.25, -0.2) is 18.1 Å². The number of rotatable bonds is 5. The van der Waals surface area contributed by atoms with E-state index in [0.717, 1.165) is 29.2 Å². The highest BCUT2D eigenvalue weighted by atomic mass is 32.2. The maximum absolute atomic E-state index is 13.2. The third-order valence-corrected chi connectivity index (χ3v) is 7.22. The number of carbonyl (C=O) groups is 2. The summed E-state index contributed by atoms with van der Waals surface area (Å²) in [6.45, 7) is 0.0645. The number of tetrazole rings is 1. The summed E-state index contributed by atoms with van der Waals surface area (Å²) in [6, 6.07) is 6.12. The number of urea groups is 1. The first-order valence-electron chi connectivity index (χ1n) is 9.81. The molecule has 5 rings (SSSR count). The zero-order valence-electron chi connectivity index (χ0n) is 17.0. The smallest absolute Gasteiger partial charge is 0.305 e. The van der Waals surface area contributed by atoms with Crippen LogP contribution in [-0.4, -0.2) is 61.9 Å². The fourth-order valence-corrected chi connectivity index (χ4v) is 4.58. The molecule has 34 heavy (non-hydrogen) atoms. The standard InChI is InChI=1S/C19H14F3N7O4S/c20-19(21,22)34(32,33)13-3-1-12(2-4-13)29-16(30)18(6-7-18)28(17(29)31)10-11-5-8-23-14(9-11)15-24-26-27-25-15/h1-5,8-9H,6-7,10H2,(H,24,25,26,27). The molecule has 3 heterocycles. The van der Waals surface area contributed by atoms with E-state index in [1.54, 1.807) is 12.1 Å². The van der Waals surface area contributed by atoms with Crippen molar-refractivity contribution in [3.8, 4) is 11.5 Å². The van der Waals surface area contributed by atoms with Crippen molar-refractivity contribution in [2.45, 2.75) is 35.3 Å². The van der Waals surface area contributed by atoms with Gasteiger partial charge in [0.15, 0.2) is 0 Å². The average Bonchev–Trinajstić information content (AvgIpc) is 3.35. The highest BCUT2D eigenvalue weighted by molar-refractivity contribution is 7.92. The summed E-state index contributed by atoms with van der Waals surface area (Å²) < 4.78 is 61.6. The van der Waals surface area contributed by atoms with E-state index in [-0.39, 0.29) is 18.1 Å². The van der Waals surface area contributed by atoms with Crippen molar-refractivity contribution < 1.29 is 31.2 Å². The number of nitrogens with one attached hydrogen (secondary N) is 1. The molecule has 2 aliphatic rings. The number of aromatic amines is 1. The van der Waals surface area contributed by atoms with E-state index in [9.17, 15) is 31.2 Å². The normalized spacial score (nSPS) is 17.6. The van der Waals surface area contributed by atoms with Crippen LogP contribution in [0.2, 0.25) is 0 Å². The number of sulfone groups is 1. The van der Waals surface area contributed by atoms with Gasteiger partial charge in [-0.15, -0.1) is 10.2 Å². The van der Waals surface area contributed by atoms with E-state index in [0.29, 0.717) is 24.1 Å². The third-order valence-electron chi connectivity index (χ3n) is 5.71. The Morgan fingerprint density at radius 1 is 1.09 bits per heavy atom. The number of amides is 3. The van der Waals surface area contributed by atoms with Crippen molar-refractivity contribution in [3.05, 3.63) is 48.2 Å². The summed E-state index contributed by atoms with van der Waals surface area (Å²) in [4.78, 5) is 31.8. The number of alkyl halides is 3. The number of carbonyl (C=O) groups excluding carboxylic acids is 2. The predicted octanol–water partition coefficient (Wildman–Crippen LogP) is 2.06.